The second kappa shape index (κ2) is 4.61. The predicted molar refractivity (Wildman–Crippen MR) is 59.8 cm³/mol. The zero-order valence-electron chi connectivity index (χ0n) is 8.59. The van der Waals surface area contributed by atoms with Crippen LogP contribution < -0.4 is 0 Å². The summed E-state index contributed by atoms with van der Waals surface area (Å²) in [4.78, 5) is 11.6. The lowest BCUT2D eigenvalue weighted by Crippen LogP contribution is -2.31. The SMILES string of the molecule is CC(=O)C(C)(CCCl)c1ccccc1. The maximum Gasteiger partial charge on any atom is 0.140 e. The highest BCUT2D eigenvalue weighted by atomic mass is 35.5. The lowest BCUT2D eigenvalue weighted by molar-refractivity contribution is -0.122. The summed E-state index contributed by atoms with van der Waals surface area (Å²) in [6, 6.07) is 9.81. The first-order valence-corrected chi connectivity index (χ1v) is 5.27. The first kappa shape index (κ1) is 11.3. The second-order valence-electron chi connectivity index (χ2n) is 3.69. The molecule has 1 unspecified atom stereocenters. The van der Waals surface area contributed by atoms with Crippen LogP contribution in [0, 0.1) is 0 Å². The van der Waals surface area contributed by atoms with Gasteiger partial charge in [0.25, 0.3) is 0 Å². The minimum atomic E-state index is -0.428. The maximum atomic E-state index is 11.6. The van der Waals surface area contributed by atoms with E-state index in [0.717, 1.165) is 5.56 Å². The Balaban J connectivity index is 3.06. The van der Waals surface area contributed by atoms with Crippen LogP contribution in [-0.4, -0.2) is 11.7 Å². The van der Waals surface area contributed by atoms with Crippen LogP contribution in [0.4, 0.5) is 0 Å². The van der Waals surface area contributed by atoms with E-state index < -0.39 is 5.41 Å². The first-order valence-electron chi connectivity index (χ1n) is 4.74. The predicted octanol–water partition coefficient (Wildman–Crippen LogP) is 3.16. The quantitative estimate of drug-likeness (QED) is 0.698. The molecule has 1 nitrogen and oxygen atoms in total. The summed E-state index contributed by atoms with van der Waals surface area (Å²) in [7, 11) is 0. The van der Waals surface area contributed by atoms with Crippen LogP contribution in [0.1, 0.15) is 25.8 Å². The molecule has 0 amide bonds. The van der Waals surface area contributed by atoms with Gasteiger partial charge in [-0.1, -0.05) is 30.3 Å². The number of hydrogen-bond donors (Lipinski definition) is 0. The Morgan fingerprint density at radius 3 is 2.36 bits per heavy atom. The van der Waals surface area contributed by atoms with Gasteiger partial charge in [-0.15, -0.1) is 11.6 Å². The molecule has 2 heteroatoms. The fraction of sp³-hybridized carbons (Fsp3) is 0.417. The van der Waals surface area contributed by atoms with Gasteiger partial charge in [0.05, 0.1) is 5.41 Å². The van der Waals surface area contributed by atoms with E-state index in [1.165, 1.54) is 0 Å². The van der Waals surface area contributed by atoms with E-state index in [1.807, 2.05) is 37.3 Å². The molecule has 0 aliphatic heterocycles. The van der Waals surface area contributed by atoms with Gasteiger partial charge >= 0.3 is 0 Å². The molecule has 0 heterocycles. The van der Waals surface area contributed by atoms with E-state index in [4.69, 9.17) is 11.6 Å². The van der Waals surface area contributed by atoms with Gasteiger partial charge in [0.2, 0.25) is 0 Å². The normalized spacial score (nSPS) is 14.8. The Morgan fingerprint density at radius 1 is 1.36 bits per heavy atom. The molecule has 1 atom stereocenters. The van der Waals surface area contributed by atoms with E-state index in [-0.39, 0.29) is 5.78 Å². The number of Topliss-reactive ketones (excluding diaryl/α,β-unsaturated/α-hetero) is 1. The minimum Gasteiger partial charge on any atom is -0.299 e. The Morgan fingerprint density at radius 2 is 1.93 bits per heavy atom. The number of ketones is 1. The van der Waals surface area contributed by atoms with Gasteiger partial charge < -0.3 is 0 Å². The number of alkyl halides is 1. The van der Waals surface area contributed by atoms with Gasteiger partial charge in [-0.3, -0.25) is 4.79 Å². The fourth-order valence-electron chi connectivity index (χ4n) is 1.52. The molecular formula is C12H15ClO. The zero-order chi connectivity index (χ0) is 10.6. The van der Waals surface area contributed by atoms with Crippen molar-refractivity contribution >= 4 is 17.4 Å². The first-order chi connectivity index (χ1) is 6.61. The highest BCUT2D eigenvalue weighted by Gasteiger charge is 2.30. The summed E-state index contributed by atoms with van der Waals surface area (Å²) in [6.07, 6.45) is 0.688. The Hall–Kier alpha value is -0.820. The summed E-state index contributed by atoms with van der Waals surface area (Å²) in [5.41, 5.74) is 0.622. The van der Waals surface area contributed by atoms with Crippen LogP contribution >= 0.6 is 11.6 Å². The van der Waals surface area contributed by atoms with Crippen molar-refractivity contribution in [3.05, 3.63) is 35.9 Å². The molecule has 0 aliphatic rings. The number of hydrogen-bond acceptors (Lipinski definition) is 1. The molecule has 0 aromatic heterocycles. The van der Waals surface area contributed by atoms with Crippen molar-refractivity contribution in [1.82, 2.24) is 0 Å². The average Bonchev–Trinajstić information content (AvgIpc) is 2.19. The smallest absolute Gasteiger partial charge is 0.140 e. The Bertz CT molecular complexity index is 307. The van der Waals surface area contributed by atoms with Crippen LogP contribution in [-0.2, 0) is 10.2 Å². The lowest BCUT2D eigenvalue weighted by Gasteiger charge is -2.26. The molecule has 1 rings (SSSR count). The summed E-state index contributed by atoms with van der Waals surface area (Å²) in [6.45, 7) is 3.58. The summed E-state index contributed by atoms with van der Waals surface area (Å²) >= 11 is 5.73. The third kappa shape index (κ3) is 2.16. The maximum absolute atomic E-state index is 11.6. The minimum absolute atomic E-state index is 0.171. The van der Waals surface area contributed by atoms with Crippen molar-refractivity contribution in [2.24, 2.45) is 0 Å². The molecule has 1 aromatic carbocycles. The molecule has 14 heavy (non-hydrogen) atoms. The summed E-state index contributed by atoms with van der Waals surface area (Å²) in [5, 5.41) is 0. The molecule has 0 saturated carbocycles. The summed E-state index contributed by atoms with van der Waals surface area (Å²) < 4.78 is 0. The fourth-order valence-corrected chi connectivity index (χ4v) is 1.90. The molecule has 0 spiro atoms. The number of rotatable bonds is 4. The largest absolute Gasteiger partial charge is 0.299 e. The van der Waals surface area contributed by atoms with Gasteiger partial charge in [0.1, 0.15) is 5.78 Å². The van der Waals surface area contributed by atoms with Crippen molar-refractivity contribution in [1.29, 1.82) is 0 Å². The van der Waals surface area contributed by atoms with Crippen molar-refractivity contribution in [2.45, 2.75) is 25.7 Å². The third-order valence-corrected chi connectivity index (χ3v) is 2.97. The molecule has 76 valence electrons. The summed E-state index contributed by atoms with van der Waals surface area (Å²) in [5.74, 6) is 0.676. The average molecular weight is 211 g/mol. The third-order valence-electron chi connectivity index (χ3n) is 2.78. The molecule has 0 bridgehead atoms. The van der Waals surface area contributed by atoms with Crippen molar-refractivity contribution in [3.63, 3.8) is 0 Å². The number of halogens is 1. The van der Waals surface area contributed by atoms with Gasteiger partial charge in [-0.2, -0.15) is 0 Å². The van der Waals surface area contributed by atoms with Crippen molar-refractivity contribution in [3.8, 4) is 0 Å². The van der Waals surface area contributed by atoms with E-state index in [0.29, 0.717) is 12.3 Å². The Kier molecular flexibility index (Phi) is 3.70. The Labute approximate surface area is 90.1 Å². The van der Waals surface area contributed by atoms with Crippen LogP contribution in [0.5, 0.6) is 0 Å². The lowest BCUT2D eigenvalue weighted by atomic mass is 9.77. The van der Waals surface area contributed by atoms with Crippen molar-refractivity contribution < 1.29 is 4.79 Å². The number of carbonyl (C=O) groups is 1. The van der Waals surface area contributed by atoms with E-state index >= 15 is 0 Å². The van der Waals surface area contributed by atoms with Gasteiger partial charge in [-0.05, 0) is 25.8 Å². The number of carbonyl (C=O) groups excluding carboxylic acids is 1. The van der Waals surface area contributed by atoms with Gasteiger partial charge in [-0.25, -0.2) is 0 Å². The molecule has 0 fully saturated rings. The van der Waals surface area contributed by atoms with Crippen molar-refractivity contribution in [2.75, 3.05) is 5.88 Å². The van der Waals surface area contributed by atoms with Crippen LogP contribution in [0.3, 0.4) is 0 Å². The monoisotopic (exact) mass is 210 g/mol. The van der Waals surface area contributed by atoms with E-state index in [1.54, 1.807) is 6.92 Å². The number of benzene rings is 1. The van der Waals surface area contributed by atoms with E-state index in [9.17, 15) is 4.79 Å². The van der Waals surface area contributed by atoms with E-state index in [2.05, 4.69) is 0 Å². The standard InChI is InChI=1S/C12H15ClO/c1-10(14)12(2,8-9-13)11-6-4-3-5-7-11/h3-7H,8-9H2,1-2H3. The topological polar surface area (TPSA) is 17.1 Å². The van der Waals surface area contributed by atoms with Crippen LogP contribution in [0.15, 0.2) is 30.3 Å². The highest BCUT2D eigenvalue weighted by molar-refractivity contribution is 6.18. The zero-order valence-corrected chi connectivity index (χ0v) is 9.34. The highest BCUT2D eigenvalue weighted by Crippen LogP contribution is 2.28. The molecular weight excluding hydrogens is 196 g/mol. The molecule has 0 aliphatic carbocycles. The van der Waals surface area contributed by atoms with Crippen LogP contribution in [0.25, 0.3) is 0 Å². The van der Waals surface area contributed by atoms with Gasteiger partial charge in [0, 0.05) is 5.88 Å². The van der Waals surface area contributed by atoms with Crippen LogP contribution in [0.2, 0.25) is 0 Å². The second-order valence-corrected chi connectivity index (χ2v) is 4.07. The molecule has 0 N–H and O–H groups in total. The molecule has 1 aromatic rings. The molecule has 0 radical (unpaired) electrons. The molecule has 0 saturated heterocycles. The van der Waals surface area contributed by atoms with Gasteiger partial charge in [0.15, 0.2) is 0 Å².